The Balaban J connectivity index is 1.69. The van der Waals surface area contributed by atoms with Crippen LogP contribution in [0.1, 0.15) is 46.9 Å². The zero-order valence-corrected chi connectivity index (χ0v) is 14.4. The smallest absolute Gasteiger partial charge is 0.172 e. The number of benzene rings is 2. The number of fused-ring (bicyclic) bond motifs is 1. The molecule has 2 aromatic rings. The van der Waals surface area contributed by atoms with Crippen molar-refractivity contribution >= 4 is 28.7 Å². The highest BCUT2D eigenvalue weighted by atomic mass is 127. The highest BCUT2D eigenvalue weighted by Crippen LogP contribution is 2.41. The topological polar surface area (TPSA) is 0 Å². The lowest BCUT2D eigenvalue weighted by molar-refractivity contribution is 0.500. The molecule has 4 rings (SSSR count). The fourth-order valence-electron chi connectivity index (χ4n) is 3.25. The lowest BCUT2D eigenvalue weighted by atomic mass is 9.84. The molecule has 0 bridgehead atoms. The van der Waals surface area contributed by atoms with E-state index in [9.17, 15) is 13.2 Å². The van der Waals surface area contributed by atoms with Crippen LogP contribution in [0.5, 0.6) is 0 Å². The summed E-state index contributed by atoms with van der Waals surface area (Å²) < 4.78 is 42.0. The van der Waals surface area contributed by atoms with E-state index in [-0.39, 0.29) is 15.3 Å². The third-order valence-corrected chi connectivity index (χ3v) is 5.75. The molecule has 0 nitrogen and oxygen atoms in total. The minimum Gasteiger partial charge on any atom is -0.207 e. The summed E-state index contributed by atoms with van der Waals surface area (Å²) in [5.41, 5.74) is 3.12. The summed E-state index contributed by atoms with van der Waals surface area (Å²) in [6.07, 6.45) is 6.43. The molecule has 2 aromatic carbocycles. The Morgan fingerprint density at radius 3 is 2.48 bits per heavy atom. The first-order chi connectivity index (χ1) is 11.0. The number of hydrogen-bond donors (Lipinski definition) is 0. The Morgan fingerprint density at radius 2 is 1.78 bits per heavy atom. The van der Waals surface area contributed by atoms with Crippen molar-refractivity contribution in [2.24, 2.45) is 0 Å². The van der Waals surface area contributed by atoms with Gasteiger partial charge in [0.25, 0.3) is 0 Å². The van der Waals surface area contributed by atoms with Crippen LogP contribution in [0.3, 0.4) is 0 Å². The highest BCUT2D eigenvalue weighted by molar-refractivity contribution is 14.1. The van der Waals surface area contributed by atoms with Crippen LogP contribution < -0.4 is 0 Å². The van der Waals surface area contributed by atoms with Crippen molar-refractivity contribution in [1.29, 1.82) is 0 Å². The molecule has 0 amide bonds. The minimum absolute atomic E-state index is 0.142. The molecular formula is C19H14F3I. The molecule has 1 atom stereocenters. The summed E-state index contributed by atoms with van der Waals surface area (Å²) >= 11 is 1.82. The lowest BCUT2D eigenvalue weighted by Crippen LogP contribution is -2.10. The van der Waals surface area contributed by atoms with Gasteiger partial charge in [-0.15, -0.1) is 0 Å². The van der Waals surface area contributed by atoms with Gasteiger partial charge in [0.15, 0.2) is 11.6 Å². The molecule has 0 aromatic heterocycles. The normalized spacial score (nSPS) is 19.7. The van der Waals surface area contributed by atoms with E-state index >= 15 is 0 Å². The molecule has 4 heteroatoms. The van der Waals surface area contributed by atoms with Gasteiger partial charge >= 0.3 is 0 Å². The maximum absolute atomic E-state index is 14.5. The molecule has 1 fully saturated rings. The monoisotopic (exact) mass is 426 g/mol. The van der Waals surface area contributed by atoms with Crippen molar-refractivity contribution in [3.05, 3.63) is 73.6 Å². The molecule has 0 radical (unpaired) electrons. The van der Waals surface area contributed by atoms with E-state index in [0.29, 0.717) is 23.5 Å². The van der Waals surface area contributed by atoms with Gasteiger partial charge in [0.05, 0.1) is 3.57 Å². The van der Waals surface area contributed by atoms with E-state index in [2.05, 4.69) is 0 Å². The first-order valence-corrected chi connectivity index (χ1v) is 8.76. The fourth-order valence-corrected chi connectivity index (χ4v) is 4.04. The highest BCUT2D eigenvalue weighted by Gasteiger charge is 2.26. The summed E-state index contributed by atoms with van der Waals surface area (Å²) in [6.45, 7) is 0. The fraction of sp³-hybridized carbons (Fsp3) is 0.263. The van der Waals surface area contributed by atoms with Crippen LogP contribution in [0.2, 0.25) is 0 Å². The maximum Gasteiger partial charge on any atom is 0.172 e. The predicted molar refractivity (Wildman–Crippen MR) is 92.9 cm³/mol. The molecular weight excluding hydrogens is 412 g/mol. The Morgan fingerprint density at radius 1 is 1.00 bits per heavy atom. The Hall–Kier alpha value is -1.30. The van der Waals surface area contributed by atoms with Gasteiger partial charge in [-0.3, -0.25) is 0 Å². The number of hydrogen-bond acceptors (Lipinski definition) is 0. The molecule has 23 heavy (non-hydrogen) atoms. The molecule has 0 saturated heterocycles. The van der Waals surface area contributed by atoms with Gasteiger partial charge < -0.3 is 0 Å². The van der Waals surface area contributed by atoms with Crippen LogP contribution in [0, 0.1) is 21.0 Å². The van der Waals surface area contributed by atoms with E-state index in [1.165, 1.54) is 6.07 Å². The van der Waals surface area contributed by atoms with Crippen molar-refractivity contribution < 1.29 is 13.2 Å². The van der Waals surface area contributed by atoms with E-state index in [1.54, 1.807) is 12.1 Å². The van der Waals surface area contributed by atoms with Crippen LogP contribution in [-0.2, 0) is 6.42 Å². The molecule has 1 unspecified atom stereocenters. The molecule has 2 aliphatic rings. The predicted octanol–water partition coefficient (Wildman–Crippen LogP) is 5.94. The van der Waals surface area contributed by atoms with Crippen LogP contribution in [0.15, 0.2) is 30.3 Å². The molecule has 118 valence electrons. The molecule has 1 saturated carbocycles. The van der Waals surface area contributed by atoms with Crippen molar-refractivity contribution in [1.82, 2.24) is 0 Å². The SMILES string of the molecule is Fc1cc(C2CC2)ccc1C1C=Cc2c(cc(F)c(F)c2I)C1. The molecule has 0 heterocycles. The summed E-state index contributed by atoms with van der Waals surface area (Å²) in [7, 11) is 0. The van der Waals surface area contributed by atoms with Gasteiger partial charge in [0, 0.05) is 5.92 Å². The Labute approximate surface area is 146 Å². The summed E-state index contributed by atoms with van der Waals surface area (Å²) in [4.78, 5) is 0. The van der Waals surface area contributed by atoms with Gasteiger partial charge in [-0.2, -0.15) is 0 Å². The first-order valence-electron chi connectivity index (χ1n) is 7.68. The van der Waals surface area contributed by atoms with E-state index in [4.69, 9.17) is 0 Å². The van der Waals surface area contributed by atoms with Crippen LogP contribution in [0.25, 0.3) is 6.08 Å². The van der Waals surface area contributed by atoms with Gasteiger partial charge in [-0.1, -0.05) is 24.3 Å². The van der Waals surface area contributed by atoms with Crippen LogP contribution in [-0.4, -0.2) is 0 Å². The van der Waals surface area contributed by atoms with Crippen molar-refractivity contribution in [3.63, 3.8) is 0 Å². The lowest BCUT2D eigenvalue weighted by Gasteiger charge is -2.22. The first kappa shape index (κ1) is 15.2. The molecule has 0 spiro atoms. The zero-order valence-electron chi connectivity index (χ0n) is 12.3. The Kier molecular flexibility index (Phi) is 3.75. The number of allylic oxidation sites excluding steroid dienone is 1. The van der Waals surface area contributed by atoms with Crippen molar-refractivity contribution in [2.45, 2.75) is 31.1 Å². The second-order valence-corrected chi connectivity index (χ2v) is 7.36. The second kappa shape index (κ2) is 5.65. The van der Waals surface area contributed by atoms with Gasteiger partial charge in [-0.25, -0.2) is 13.2 Å². The largest absolute Gasteiger partial charge is 0.207 e. The molecule has 0 N–H and O–H groups in total. The van der Waals surface area contributed by atoms with Gasteiger partial charge in [-0.05, 0) is 82.2 Å². The number of rotatable bonds is 2. The average Bonchev–Trinajstić information content (AvgIpc) is 3.37. The van der Waals surface area contributed by atoms with Gasteiger partial charge in [0.2, 0.25) is 0 Å². The summed E-state index contributed by atoms with van der Waals surface area (Å²) in [5, 5.41) is 0. The van der Waals surface area contributed by atoms with Gasteiger partial charge in [0.1, 0.15) is 5.82 Å². The molecule has 2 aliphatic carbocycles. The van der Waals surface area contributed by atoms with Crippen molar-refractivity contribution in [2.75, 3.05) is 0 Å². The third-order valence-electron chi connectivity index (χ3n) is 4.69. The second-order valence-electron chi connectivity index (χ2n) is 6.28. The van der Waals surface area contributed by atoms with Crippen molar-refractivity contribution in [3.8, 4) is 0 Å². The third kappa shape index (κ3) is 2.71. The quantitative estimate of drug-likeness (QED) is 0.412. The average molecular weight is 426 g/mol. The van der Waals surface area contributed by atoms with Crippen LogP contribution >= 0.6 is 22.6 Å². The van der Waals surface area contributed by atoms with E-state index in [1.807, 2.05) is 40.8 Å². The zero-order chi connectivity index (χ0) is 16.1. The maximum atomic E-state index is 14.5. The minimum atomic E-state index is -0.841. The number of halogens is 4. The van der Waals surface area contributed by atoms with E-state index in [0.717, 1.165) is 24.0 Å². The molecule has 0 aliphatic heterocycles. The standard InChI is InChI=1S/C19H14F3I/c20-16-8-11(10-1-2-10)3-5-14(16)12-4-6-15-13(7-12)9-17(21)18(22)19(15)23/h3-6,8-10,12H,1-2,7H2. The van der Waals surface area contributed by atoms with Crippen LogP contribution in [0.4, 0.5) is 13.2 Å². The summed E-state index contributed by atoms with van der Waals surface area (Å²) in [5.74, 6) is -1.49. The van der Waals surface area contributed by atoms with E-state index < -0.39 is 11.6 Å². The Bertz CT molecular complexity index is 822. The summed E-state index contributed by atoms with van der Waals surface area (Å²) in [6, 6.07) is 6.70.